The molecule has 28 heavy (non-hydrogen) atoms. The highest BCUT2D eigenvalue weighted by Gasteiger charge is 2.28. The molecule has 0 amide bonds. The molecule has 146 valence electrons. The van der Waals surface area contributed by atoms with Gasteiger partial charge in [0.1, 0.15) is 12.4 Å². The van der Waals surface area contributed by atoms with Crippen molar-refractivity contribution in [3.63, 3.8) is 0 Å². The van der Waals surface area contributed by atoms with Crippen LogP contribution in [-0.4, -0.2) is 57.0 Å². The number of benzene rings is 3. The Bertz CT molecular complexity index is 1030. The third-order valence-corrected chi connectivity index (χ3v) is 7.00. The lowest BCUT2D eigenvalue weighted by Crippen LogP contribution is -2.49. The van der Waals surface area contributed by atoms with Gasteiger partial charge in [-0.05, 0) is 35.0 Å². The van der Waals surface area contributed by atoms with Crippen LogP contribution in [0.25, 0.3) is 10.8 Å². The molecule has 0 radical (unpaired) electrons. The minimum atomic E-state index is -3.46. The Morgan fingerprint density at radius 3 is 2.21 bits per heavy atom. The monoisotopic (exact) mass is 396 g/mol. The molecule has 0 aromatic heterocycles. The molecule has 6 heteroatoms. The zero-order valence-corrected chi connectivity index (χ0v) is 16.5. The van der Waals surface area contributed by atoms with Crippen molar-refractivity contribution in [1.82, 2.24) is 9.21 Å². The van der Waals surface area contributed by atoms with E-state index in [-0.39, 0.29) is 0 Å². The summed E-state index contributed by atoms with van der Waals surface area (Å²) in [5.74, 6) is 0.861. The number of sulfonamides is 1. The summed E-state index contributed by atoms with van der Waals surface area (Å²) >= 11 is 0. The fourth-order valence-electron chi connectivity index (χ4n) is 3.48. The first-order valence-corrected chi connectivity index (χ1v) is 11.0. The second kappa shape index (κ2) is 8.31. The van der Waals surface area contributed by atoms with Gasteiger partial charge in [-0.25, -0.2) is 8.42 Å². The van der Waals surface area contributed by atoms with Crippen molar-refractivity contribution in [3.05, 3.63) is 72.8 Å². The Morgan fingerprint density at radius 2 is 1.46 bits per heavy atom. The Balaban J connectivity index is 1.34. The first-order chi connectivity index (χ1) is 13.6. The quantitative estimate of drug-likeness (QED) is 0.642. The van der Waals surface area contributed by atoms with E-state index in [0.29, 0.717) is 37.7 Å². The zero-order chi connectivity index (χ0) is 19.4. The third-order valence-electron chi connectivity index (χ3n) is 5.11. The first kappa shape index (κ1) is 18.9. The summed E-state index contributed by atoms with van der Waals surface area (Å²) in [6, 6.07) is 22.9. The second-order valence-corrected chi connectivity index (χ2v) is 8.85. The van der Waals surface area contributed by atoms with Crippen LogP contribution in [0.3, 0.4) is 0 Å². The molecule has 4 rings (SSSR count). The molecule has 1 saturated heterocycles. The molecule has 0 aliphatic carbocycles. The number of para-hydroxylation sites is 1. The van der Waals surface area contributed by atoms with Gasteiger partial charge >= 0.3 is 0 Å². The van der Waals surface area contributed by atoms with Crippen molar-refractivity contribution in [1.29, 1.82) is 0 Å². The average Bonchev–Trinajstić information content (AvgIpc) is 2.74. The topological polar surface area (TPSA) is 49.9 Å². The van der Waals surface area contributed by atoms with Crippen molar-refractivity contribution in [2.75, 3.05) is 39.3 Å². The van der Waals surface area contributed by atoms with E-state index < -0.39 is 10.0 Å². The van der Waals surface area contributed by atoms with Gasteiger partial charge in [0.05, 0.1) is 4.90 Å². The number of fused-ring (bicyclic) bond motifs is 1. The third kappa shape index (κ3) is 4.19. The molecule has 0 spiro atoms. The van der Waals surface area contributed by atoms with Crippen LogP contribution in [0.4, 0.5) is 0 Å². The highest BCUT2D eigenvalue weighted by Crippen LogP contribution is 2.22. The van der Waals surface area contributed by atoms with Gasteiger partial charge in [-0.2, -0.15) is 4.31 Å². The second-order valence-electron chi connectivity index (χ2n) is 6.92. The molecule has 0 saturated carbocycles. The Labute approximate surface area is 166 Å². The van der Waals surface area contributed by atoms with Crippen LogP contribution in [0, 0.1) is 0 Å². The number of piperazine rings is 1. The van der Waals surface area contributed by atoms with Crippen LogP contribution in [-0.2, 0) is 10.0 Å². The van der Waals surface area contributed by atoms with Crippen molar-refractivity contribution in [2.24, 2.45) is 0 Å². The summed E-state index contributed by atoms with van der Waals surface area (Å²) in [5, 5.41) is 1.99. The molecule has 3 aromatic rings. The molecule has 0 unspecified atom stereocenters. The molecule has 0 atom stereocenters. The minimum Gasteiger partial charge on any atom is -0.492 e. The molecule has 1 aliphatic heterocycles. The highest BCUT2D eigenvalue weighted by molar-refractivity contribution is 7.89. The van der Waals surface area contributed by atoms with Crippen molar-refractivity contribution in [3.8, 4) is 5.75 Å². The molecule has 0 bridgehead atoms. The largest absolute Gasteiger partial charge is 0.492 e. The van der Waals surface area contributed by atoms with Crippen LogP contribution < -0.4 is 4.74 Å². The van der Waals surface area contributed by atoms with Crippen LogP contribution in [0.2, 0.25) is 0 Å². The summed E-state index contributed by atoms with van der Waals surface area (Å²) in [4.78, 5) is 2.61. The van der Waals surface area contributed by atoms with Gasteiger partial charge in [-0.3, -0.25) is 4.90 Å². The smallest absolute Gasteiger partial charge is 0.243 e. The van der Waals surface area contributed by atoms with E-state index in [4.69, 9.17) is 4.74 Å². The number of hydrogen-bond donors (Lipinski definition) is 0. The molecule has 3 aromatic carbocycles. The fourth-order valence-corrected chi connectivity index (χ4v) is 4.94. The normalized spacial score (nSPS) is 16.3. The van der Waals surface area contributed by atoms with Crippen LogP contribution >= 0.6 is 0 Å². The summed E-state index contributed by atoms with van der Waals surface area (Å²) in [6.07, 6.45) is 0. The van der Waals surface area contributed by atoms with E-state index in [1.165, 1.54) is 0 Å². The van der Waals surface area contributed by atoms with Gasteiger partial charge in [0.2, 0.25) is 10.0 Å². The molecular weight excluding hydrogens is 372 g/mol. The number of ether oxygens (including phenoxy) is 1. The predicted octanol–water partition coefficient (Wildman–Crippen LogP) is 3.23. The van der Waals surface area contributed by atoms with E-state index in [2.05, 4.69) is 4.90 Å². The summed E-state index contributed by atoms with van der Waals surface area (Å²) in [7, 11) is -3.46. The van der Waals surface area contributed by atoms with Crippen LogP contribution in [0.5, 0.6) is 5.75 Å². The van der Waals surface area contributed by atoms with Gasteiger partial charge < -0.3 is 4.74 Å². The lowest BCUT2D eigenvalue weighted by Gasteiger charge is -2.33. The first-order valence-electron chi connectivity index (χ1n) is 9.52. The van der Waals surface area contributed by atoms with Gasteiger partial charge in [-0.15, -0.1) is 0 Å². The van der Waals surface area contributed by atoms with Crippen molar-refractivity contribution >= 4 is 20.8 Å². The predicted molar refractivity (Wildman–Crippen MR) is 111 cm³/mol. The van der Waals surface area contributed by atoms with Crippen molar-refractivity contribution in [2.45, 2.75) is 4.90 Å². The van der Waals surface area contributed by atoms with Gasteiger partial charge in [-0.1, -0.05) is 48.5 Å². The maximum Gasteiger partial charge on any atom is 0.243 e. The lowest BCUT2D eigenvalue weighted by molar-refractivity contribution is 0.159. The standard InChI is InChI=1S/C22H24N2O3S/c25-28(26,22-11-10-19-6-4-5-7-20(19)18-22)24-14-12-23(13-15-24)16-17-27-21-8-2-1-3-9-21/h1-11,18H,12-17H2. The summed E-state index contributed by atoms with van der Waals surface area (Å²) < 4.78 is 33.4. The molecule has 1 aliphatic rings. The van der Waals surface area contributed by atoms with Crippen LogP contribution in [0.15, 0.2) is 77.7 Å². The summed E-state index contributed by atoms with van der Waals surface area (Å²) in [6.45, 7) is 3.82. The van der Waals surface area contributed by atoms with E-state index >= 15 is 0 Å². The number of rotatable bonds is 6. The fraction of sp³-hybridized carbons (Fsp3) is 0.273. The summed E-state index contributed by atoms with van der Waals surface area (Å²) in [5.41, 5.74) is 0. The SMILES string of the molecule is O=S(=O)(c1ccc2ccccc2c1)N1CCN(CCOc2ccccc2)CC1. The maximum atomic E-state index is 13.0. The zero-order valence-electron chi connectivity index (χ0n) is 15.7. The van der Waals surface area contributed by atoms with Gasteiger partial charge in [0.25, 0.3) is 0 Å². The van der Waals surface area contributed by atoms with Crippen molar-refractivity contribution < 1.29 is 13.2 Å². The number of hydrogen-bond acceptors (Lipinski definition) is 4. The average molecular weight is 397 g/mol. The Morgan fingerprint density at radius 1 is 0.786 bits per heavy atom. The maximum absolute atomic E-state index is 13.0. The molecule has 0 N–H and O–H groups in total. The van der Waals surface area contributed by atoms with E-state index in [0.717, 1.165) is 23.1 Å². The lowest BCUT2D eigenvalue weighted by atomic mass is 10.1. The molecule has 1 fully saturated rings. The Kier molecular flexibility index (Phi) is 5.62. The van der Waals surface area contributed by atoms with E-state index in [1.807, 2.05) is 60.7 Å². The van der Waals surface area contributed by atoms with Crippen LogP contribution in [0.1, 0.15) is 0 Å². The molecular formula is C22H24N2O3S. The molecule has 1 heterocycles. The highest BCUT2D eigenvalue weighted by atomic mass is 32.2. The molecule has 5 nitrogen and oxygen atoms in total. The number of nitrogens with zero attached hydrogens (tertiary/aromatic N) is 2. The van der Waals surface area contributed by atoms with Gasteiger partial charge in [0.15, 0.2) is 0 Å². The van der Waals surface area contributed by atoms with E-state index in [9.17, 15) is 8.42 Å². The Hall–Kier alpha value is -2.41. The minimum absolute atomic E-state index is 0.368. The van der Waals surface area contributed by atoms with Gasteiger partial charge in [0, 0.05) is 32.7 Å². The van der Waals surface area contributed by atoms with E-state index in [1.54, 1.807) is 16.4 Å².